The van der Waals surface area contributed by atoms with Gasteiger partial charge in [-0.3, -0.25) is 4.79 Å². The Kier molecular flexibility index (Phi) is 4.98. The van der Waals surface area contributed by atoms with Gasteiger partial charge in [-0.05, 0) is 18.2 Å². The number of fused-ring (bicyclic) bond motifs is 2. The van der Waals surface area contributed by atoms with Crippen molar-refractivity contribution in [3.8, 4) is 0 Å². The van der Waals surface area contributed by atoms with E-state index in [1.54, 1.807) is 23.1 Å². The molecular weight excluding hydrogens is 464 g/mol. The summed E-state index contributed by atoms with van der Waals surface area (Å²) in [5, 5.41) is 1.32. The van der Waals surface area contributed by atoms with Crippen LogP contribution in [0.1, 0.15) is 9.67 Å². The average Bonchev–Trinajstić information content (AvgIpc) is 3.38. The largest absolute Gasteiger partial charge is 0.335 e. The minimum atomic E-state index is -3.72. The van der Waals surface area contributed by atoms with Gasteiger partial charge in [0.25, 0.3) is 5.91 Å². The van der Waals surface area contributed by atoms with E-state index in [-0.39, 0.29) is 23.9 Å². The highest BCUT2D eigenvalue weighted by Gasteiger charge is 2.33. The Balaban J connectivity index is 1.36. The molecule has 1 amide bonds. The number of hydrogen-bond donors (Lipinski definition) is 0. The van der Waals surface area contributed by atoms with Gasteiger partial charge < -0.3 is 4.90 Å². The molecule has 0 unspecified atom stereocenters. The first-order valence-electron chi connectivity index (χ1n) is 9.14. The zero-order chi connectivity index (χ0) is 20.9. The zero-order valence-corrected chi connectivity index (χ0v) is 18.7. The molecule has 30 heavy (non-hydrogen) atoms. The van der Waals surface area contributed by atoms with Gasteiger partial charge in [-0.2, -0.15) is 13.1 Å². The van der Waals surface area contributed by atoms with Crippen LogP contribution in [0.25, 0.3) is 21.1 Å². The number of nitrogens with zero attached hydrogens (tertiary/aromatic N) is 4. The number of hydrogen-bond acceptors (Lipinski definition) is 7. The summed E-state index contributed by atoms with van der Waals surface area (Å²) in [4.78, 5) is 15.3. The maximum absolute atomic E-state index is 13.2. The normalized spacial score (nSPS) is 15.8. The maximum atomic E-state index is 13.2. The van der Waals surface area contributed by atoms with E-state index in [9.17, 15) is 13.2 Å². The number of piperazine rings is 1. The van der Waals surface area contributed by atoms with E-state index in [4.69, 9.17) is 11.6 Å². The van der Waals surface area contributed by atoms with Gasteiger partial charge >= 0.3 is 0 Å². The number of thiophene rings is 1. The quantitative estimate of drug-likeness (QED) is 0.448. The van der Waals surface area contributed by atoms with Gasteiger partial charge in [0.05, 0.1) is 16.8 Å². The van der Waals surface area contributed by atoms with Gasteiger partial charge in [0.15, 0.2) is 0 Å². The second-order valence-corrected chi connectivity index (χ2v) is 10.7. The Bertz CT molecular complexity index is 1370. The van der Waals surface area contributed by atoms with Crippen LogP contribution in [0.5, 0.6) is 0 Å². The lowest BCUT2D eigenvalue weighted by molar-refractivity contribution is 0.0703. The molecule has 0 bridgehead atoms. The minimum Gasteiger partial charge on any atom is -0.335 e. The SMILES string of the molecule is O=C(c1sc2ccccc2c1Cl)N1CCN(S(=O)(=O)c2cccc3nsnc23)CC1. The van der Waals surface area contributed by atoms with Crippen LogP contribution in [0.4, 0.5) is 0 Å². The third kappa shape index (κ3) is 3.19. The van der Waals surface area contributed by atoms with Crippen LogP contribution in [0, 0.1) is 0 Å². The maximum Gasteiger partial charge on any atom is 0.265 e. The molecule has 11 heteroatoms. The molecule has 4 aromatic rings. The number of halogens is 1. The summed E-state index contributed by atoms with van der Waals surface area (Å²) in [6, 6.07) is 12.6. The monoisotopic (exact) mass is 478 g/mol. The summed E-state index contributed by atoms with van der Waals surface area (Å²) in [6.07, 6.45) is 0. The highest BCUT2D eigenvalue weighted by Crippen LogP contribution is 2.36. The van der Waals surface area contributed by atoms with Crippen molar-refractivity contribution < 1.29 is 13.2 Å². The predicted molar refractivity (Wildman–Crippen MR) is 119 cm³/mol. The summed E-state index contributed by atoms with van der Waals surface area (Å²) in [5.41, 5.74) is 0.951. The lowest BCUT2D eigenvalue weighted by Crippen LogP contribution is -2.50. The Labute approximate surface area is 185 Å². The number of aromatic nitrogens is 2. The molecule has 0 spiro atoms. The number of carbonyl (C=O) groups is 1. The average molecular weight is 479 g/mol. The van der Waals surface area contributed by atoms with Crippen LogP contribution in [0.3, 0.4) is 0 Å². The summed E-state index contributed by atoms with van der Waals surface area (Å²) in [5.74, 6) is -0.163. The summed E-state index contributed by atoms with van der Waals surface area (Å²) in [7, 11) is -3.72. The highest BCUT2D eigenvalue weighted by atomic mass is 35.5. The van der Waals surface area contributed by atoms with Gasteiger partial charge in [0, 0.05) is 36.3 Å². The first kappa shape index (κ1) is 19.8. The fourth-order valence-electron chi connectivity index (χ4n) is 3.56. The van der Waals surface area contributed by atoms with Crippen LogP contribution < -0.4 is 0 Å². The molecule has 3 heterocycles. The van der Waals surface area contributed by atoms with Crippen molar-refractivity contribution in [1.29, 1.82) is 0 Å². The third-order valence-electron chi connectivity index (χ3n) is 5.12. The van der Waals surface area contributed by atoms with Crippen molar-refractivity contribution in [1.82, 2.24) is 18.0 Å². The van der Waals surface area contributed by atoms with E-state index in [1.807, 2.05) is 24.3 Å². The van der Waals surface area contributed by atoms with Crippen molar-refractivity contribution in [3.63, 3.8) is 0 Å². The first-order chi connectivity index (χ1) is 14.5. The Hall–Kier alpha value is -2.11. The molecule has 2 aromatic heterocycles. The molecule has 1 aliphatic rings. The second-order valence-electron chi connectivity index (χ2n) is 6.83. The van der Waals surface area contributed by atoms with Gasteiger partial charge in [0.2, 0.25) is 10.0 Å². The van der Waals surface area contributed by atoms with Crippen LogP contribution in [0.15, 0.2) is 47.4 Å². The number of rotatable bonds is 3. The highest BCUT2D eigenvalue weighted by molar-refractivity contribution is 7.89. The smallest absolute Gasteiger partial charge is 0.265 e. The first-order valence-corrected chi connectivity index (χ1v) is 12.5. The summed E-state index contributed by atoms with van der Waals surface area (Å²) in [6.45, 7) is 1.02. The molecule has 0 saturated carbocycles. The number of carbonyl (C=O) groups excluding carboxylic acids is 1. The van der Waals surface area contributed by atoms with Crippen LogP contribution >= 0.6 is 34.7 Å². The fourth-order valence-corrected chi connectivity index (χ4v) is 7.21. The molecule has 0 aliphatic carbocycles. The van der Waals surface area contributed by atoms with Crippen molar-refractivity contribution in [3.05, 3.63) is 52.4 Å². The van der Waals surface area contributed by atoms with Crippen molar-refractivity contribution >= 4 is 71.7 Å². The van der Waals surface area contributed by atoms with Crippen LogP contribution in [-0.2, 0) is 10.0 Å². The Morgan fingerprint density at radius 1 is 1.00 bits per heavy atom. The van der Waals surface area contributed by atoms with Gasteiger partial charge in [-0.1, -0.05) is 35.9 Å². The molecule has 0 atom stereocenters. The molecule has 7 nitrogen and oxygen atoms in total. The summed E-state index contributed by atoms with van der Waals surface area (Å²) < 4.78 is 36.9. The molecule has 0 radical (unpaired) electrons. The predicted octanol–water partition coefficient (Wildman–Crippen LogP) is 3.71. The van der Waals surface area contributed by atoms with E-state index in [0.29, 0.717) is 34.0 Å². The lowest BCUT2D eigenvalue weighted by atomic mass is 10.2. The number of benzene rings is 2. The number of sulfonamides is 1. The molecule has 1 aliphatic heterocycles. The molecule has 2 aromatic carbocycles. The van der Waals surface area contributed by atoms with Gasteiger partial charge in [-0.25, -0.2) is 8.42 Å². The van der Waals surface area contributed by atoms with Crippen molar-refractivity contribution in [2.24, 2.45) is 0 Å². The van der Waals surface area contributed by atoms with Crippen LogP contribution in [-0.4, -0.2) is 58.5 Å². The van der Waals surface area contributed by atoms with E-state index in [2.05, 4.69) is 8.75 Å². The topological polar surface area (TPSA) is 83.5 Å². The standard InChI is InChI=1S/C19H15ClN4O3S3/c20-16-12-4-1-2-6-14(12)28-18(16)19(25)23-8-10-24(11-9-23)30(26,27)15-7-3-5-13-17(15)22-29-21-13/h1-7H,8-11H2. The van der Waals surface area contributed by atoms with E-state index in [1.165, 1.54) is 15.6 Å². The third-order valence-corrected chi connectivity index (χ3v) is 9.26. The van der Waals surface area contributed by atoms with Crippen molar-refractivity contribution in [2.45, 2.75) is 4.90 Å². The van der Waals surface area contributed by atoms with Crippen molar-refractivity contribution in [2.75, 3.05) is 26.2 Å². The van der Waals surface area contributed by atoms with E-state index in [0.717, 1.165) is 21.8 Å². The van der Waals surface area contributed by atoms with Gasteiger partial charge in [0.1, 0.15) is 20.8 Å². The lowest BCUT2D eigenvalue weighted by Gasteiger charge is -2.33. The molecule has 0 N–H and O–H groups in total. The number of amides is 1. The molecule has 5 rings (SSSR count). The molecule has 1 saturated heterocycles. The van der Waals surface area contributed by atoms with Gasteiger partial charge in [-0.15, -0.1) is 11.3 Å². The molecular formula is C19H15ClN4O3S3. The second kappa shape index (κ2) is 7.54. The van der Waals surface area contributed by atoms with Crippen LogP contribution in [0.2, 0.25) is 5.02 Å². The van der Waals surface area contributed by atoms with E-state index < -0.39 is 10.0 Å². The Morgan fingerprint density at radius 2 is 1.77 bits per heavy atom. The fraction of sp³-hybridized carbons (Fsp3) is 0.211. The molecule has 154 valence electrons. The van der Waals surface area contributed by atoms with E-state index >= 15 is 0 Å². The summed E-state index contributed by atoms with van der Waals surface area (Å²) >= 11 is 8.79. The molecule has 1 fully saturated rings. The Morgan fingerprint density at radius 3 is 2.53 bits per heavy atom. The minimum absolute atomic E-state index is 0.154. The zero-order valence-electron chi connectivity index (χ0n) is 15.5.